The van der Waals surface area contributed by atoms with Crippen LogP contribution in [0.4, 0.5) is 0 Å². The van der Waals surface area contributed by atoms with Gasteiger partial charge in [0.2, 0.25) is 0 Å². The molecular formula is C18H25N3. The lowest BCUT2D eigenvalue weighted by Gasteiger charge is -2.22. The molecule has 1 heterocycles. The van der Waals surface area contributed by atoms with Gasteiger partial charge in [-0.3, -0.25) is 0 Å². The van der Waals surface area contributed by atoms with Crippen molar-refractivity contribution in [1.29, 1.82) is 0 Å². The van der Waals surface area contributed by atoms with Crippen molar-refractivity contribution in [2.75, 3.05) is 6.54 Å². The Morgan fingerprint density at radius 3 is 2.33 bits per heavy atom. The Balaban J connectivity index is 2.29. The summed E-state index contributed by atoms with van der Waals surface area (Å²) in [4.78, 5) is 8.42. The summed E-state index contributed by atoms with van der Waals surface area (Å²) in [5, 5.41) is 3.57. The summed E-state index contributed by atoms with van der Waals surface area (Å²) in [6.07, 6.45) is 4.51. The van der Waals surface area contributed by atoms with E-state index in [1.807, 2.05) is 6.07 Å². The molecular weight excluding hydrogens is 258 g/mol. The normalized spacial score (nSPS) is 13.1. The van der Waals surface area contributed by atoms with Crippen molar-refractivity contribution in [3.63, 3.8) is 0 Å². The molecule has 0 bridgehead atoms. The van der Waals surface area contributed by atoms with Gasteiger partial charge in [0.15, 0.2) is 0 Å². The van der Waals surface area contributed by atoms with E-state index in [0.29, 0.717) is 0 Å². The Kier molecular flexibility index (Phi) is 5.07. The molecule has 1 atom stereocenters. The molecule has 0 saturated carbocycles. The van der Waals surface area contributed by atoms with Crippen molar-refractivity contribution < 1.29 is 0 Å². The highest BCUT2D eigenvalue weighted by atomic mass is 14.9. The van der Waals surface area contributed by atoms with Gasteiger partial charge in [-0.05, 0) is 35.6 Å². The zero-order valence-corrected chi connectivity index (χ0v) is 13.4. The minimum atomic E-state index is 0.127. The number of benzene rings is 1. The van der Waals surface area contributed by atoms with E-state index < -0.39 is 0 Å². The number of nitrogens with one attached hydrogen (secondary N) is 1. The third-order valence-electron chi connectivity index (χ3n) is 3.61. The van der Waals surface area contributed by atoms with E-state index in [1.54, 1.807) is 12.5 Å². The SMILES string of the molecule is CCCNC(c1ccc(C(C)(C)C)cc1)c1ccncn1. The molecule has 1 aromatic heterocycles. The van der Waals surface area contributed by atoms with Crippen LogP contribution in [0.25, 0.3) is 0 Å². The highest BCUT2D eigenvalue weighted by Crippen LogP contribution is 2.26. The van der Waals surface area contributed by atoms with Crippen LogP contribution in [0.15, 0.2) is 42.9 Å². The fourth-order valence-electron chi connectivity index (χ4n) is 2.33. The van der Waals surface area contributed by atoms with E-state index in [1.165, 1.54) is 11.1 Å². The van der Waals surface area contributed by atoms with E-state index in [4.69, 9.17) is 0 Å². The smallest absolute Gasteiger partial charge is 0.115 e. The monoisotopic (exact) mass is 283 g/mol. The Morgan fingerprint density at radius 1 is 1.10 bits per heavy atom. The largest absolute Gasteiger partial charge is 0.305 e. The molecule has 112 valence electrons. The number of aromatic nitrogens is 2. The molecule has 2 aromatic rings. The van der Waals surface area contributed by atoms with E-state index >= 15 is 0 Å². The molecule has 0 aliphatic carbocycles. The van der Waals surface area contributed by atoms with Crippen LogP contribution in [-0.2, 0) is 5.41 Å². The van der Waals surface area contributed by atoms with Crippen molar-refractivity contribution >= 4 is 0 Å². The summed E-state index contributed by atoms with van der Waals surface area (Å²) in [6.45, 7) is 9.85. The third-order valence-corrected chi connectivity index (χ3v) is 3.61. The van der Waals surface area contributed by atoms with Crippen molar-refractivity contribution in [3.8, 4) is 0 Å². The zero-order valence-electron chi connectivity index (χ0n) is 13.4. The van der Waals surface area contributed by atoms with Crippen LogP contribution in [0.2, 0.25) is 0 Å². The molecule has 21 heavy (non-hydrogen) atoms. The van der Waals surface area contributed by atoms with E-state index in [0.717, 1.165) is 18.7 Å². The van der Waals surface area contributed by atoms with Crippen LogP contribution in [-0.4, -0.2) is 16.5 Å². The van der Waals surface area contributed by atoms with Gasteiger partial charge in [-0.25, -0.2) is 9.97 Å². The molecule has 3 nitrogen and oxygen atoms in total. The second kappa shape index (κ2) is 6.81. The Morgan fingerprint density at radius 2 is 1.81 bits per heavy atom. The quantitative estimate of drug-likeness (QED) is 0.905. The van der Waals surface area contributed by atoms with Gasteiger partial charge in [-0.1, -0.05) is 52.0 Å². The molecule has 1 unspecified atom stereocenters. The molecule has 0 aliphatic heterocycles. The highest BCUT2D eigenvalue weighted by molar-refractivity contribution is 5.32. The highest BCUT2D eigenvalue weighted by Gasteiger charge is 2.17. The van der Waals surface area contributed by atoms with E-state index in [9.17, 15) is 0 Å². The maximum absolute atomic E-state index is 4.41. The van der Waals surface area contributed by atoms with Gasteiger partial charge < -0.3 is 5.32 Å². The van der Waals surface area contributed by atoms with Crippen LogP contribution >= 0.6 is 0 Å². The summed E-state index contributed by atoms with van der Waals surface area (Å²) in [7, 11) is 0. The summed E-state index contributed by atoms with van der Waals surface area (Å²) in [5.74, 6) is 0. The molecule has 3 heteroatoms. The first kappa shape index (κ1) is 15.6. The van der Waals surface area contributed by atoms with Gasteiger partial charge in [0.05, 0.1) is 11.7 Å². The maximum atomic E-state index is 4.41. The second-order valence-electron chi connectivity index (χ2n) is 6.39. The summed E-state index contributed by atoms with van der Waals surface area (Å²) < 4.78 is 0. The number of hydrogen-bond acceptors (Lipinski definition) is 3. The first-order chi connectivity index (χ1) is 10.0. The molecule has 0 amide bonds. The maximum Gasteiger partial charge on any atom is 0.115 e. The van der Waals surface area contributed by atoms with Crippen LogP contribution in [0.1, 0.15) is 57.0 Å². The lowest BCUT2D eigenvalue weighted by atomic mass is 9.86. The van der Waals surface area contributed by atoms with Gasteiger partial charge >= 0.3 is 0 Å². The van der Waals surface area contributed by atoms with E-state index in [-0.39, 0.29) is 11.5 Å². The van der Waals surface area contributed by atoms with Gasteiger partial charge in [-0.2, -0.15) is 0 Å². The molecule has 0 spiro atoms. The molecule has 1 aromatic carbocycles. The van der Waals surface area contributed by atoms with Crippen molar-refractivity contribution in [2.24, 2.45) is 0 Å². The average Bonchev–Trinajstić information content (AvgIpc) is 2.48. The number of nitrogens with zero attached hydrogens (tertiary/aromatic N) is 2. The van der Waals surface area contributed by atoms with Crippen LogP contribution in [0.5, 0.6) is 0 Å². The minimum Gasteiger partial charge on any atom is -0.305 e. The lowest BCUT2D eigenvalue weighted by Crippen LogP contribution is -2.24. The predicted molar refractivity (Wildman–Crippen MR) is 87.3 cm³/mol. The van der Waals surface area contributed by atoms with Gasteiger partial charge in [0.25, 0.3) is 0 Å². The standard InChI is InChI=1S/C18H25N3/c1-5-11-20-17(16-10-12-19-13-21-16)14-6-8-15(9-7-14)18(2,3)4/h6-10,12-13,17,20H,5,11H2,1-4H3. The van der Waals surface area contributed by atoms with Gasteiger partial charge in [-0.15, -0.1) is 0 Å². The summed E-state index contributed by atoms with van der Waals surface area (Å²) >= 11 is 0. The minimum absolute atomic E-state index is 0.127. The van der Waals surface area contributed by atoms with Crippen LogP contribution < -0.4 is 5.32 Å². The Labute approximate surface area is 127 Å². The predicted octanol–water partition coefficient (Wildman–Crippen LogP) is 3.86. The molecule has 1 N–H and O–H groups in total. The Hall–Kier alpha value is -1.74. The molecule has 0 aliphatic rings. The summed E-state index contributed by atoms with van der Waals surface area (Å²) in [6, 6.07) is 11.0. The van der Waals surface area contributed by atoms with E-state index in [2.05, 4.69) is 67.2 Å². The third kappa shape index (κ3) is 4.11. The number of hydrogen-bond donors (Lipinski definition) is 1. The first-order valence-electron chi connectivity index (χ1n) is 7.62. The van der Waals surface area contributed by atoms with Crippen molar-refractivity contribution in [1.82, 2.24) is 15.3 Å². The zero-order chi connectivity index (χ0) is 15.3. The molecule has 2 rings (SSSR count). The topological polar surface area (TPSA) is 37.8 Å². The average molecular weight is 283 g/mol. The van der Waals surface area contributed by atoms with Gasteiger partial charge in [0, 0.05) is 6.20 Å². The number of rotatable bonds is 5. The van der Waals surface area contributed by atoms with Crippen molar-refractivity contribution in [3.05, 3.63) is 59.7 Å². The van der Waals surface area contributed by atoms with Crippen LogP contribution in [0.3, 0.4) is 0 Å². The first-order valence-corrected chi connectivity index (χ1v) is 7.62. The van der Waals surface area contributed by atoms with Gasteiger partial charge in [0.1, 0.15) is 6.33 Å². The lowest BCUT2D eigenvalue weighted by molar-refractivity contribution is 0.578. The fraction of sp³-hybridized carbons (Fsp3) is 0.444. The van der Waals surface area contributed by atoms with Crippen LogP contribution in [0, 0.1) is 0 Å². The molecule has 0 saturated heterocycles. The Bertz CT molecular complexity index is 541. The fourth-order valence-corrected chi connectivity index (χ4v) is 2.33. The molecule has 0 radical (unpaired) electrons. The molecule has 0 fully saturated rings. The summed E-state index contributed by atoms with van der Waals surface area (Å²) in [5.41, 5.74) is 3.79. The van der Waals surface area contributed by atoms with Crippen molar-refractivity contribution in [2.45, 2.75) is 45.6 Å². The second-order valence-corrected chi connectivity index (χ2v) is 6.39.